The molecular weight excluding hydrogens is 392 g/mol. The fourth-order valence-electron chi connectivity index (χ4n) is 3.31. The van der Waals surface area contributed by atoms with Gasteiger partial charge in [0, 0.05) is 17.5 Å². The predicted molar refractivity (Wildman–Crippen MR) is 114 cm³/mol. The minimum Gasteiger partial charge on any atom is -0.493 e. The molecule has 0 saturated heterocycles. The highest BCUT2D eigenvalue weighted by Gasteiger charge is 2.29. The number of unbranched alkanes of at least 4 members (excludes halogenated alkanes) is 1. The summed E-state index contributed by atoms with van der Waals surface area (Å²) in [5.74, 6) is 1.03. The molecule has 0 radical (unpaired) electrons. The van der Waals surface area contributed by atoms with Crippen molar-refractivity contribution in [3.63, 3.8) is 0 Å². The number of hydrogen-bond donors (Lipinski definition) is 1. The Morgan fingerprint density at radius 3 is 2.76 bits per heavy atom. The first kappa shape index (κ1) is 23.7. The van der Waals surface area contributed by atoms with Gasteiger partial charge in [-0.2, -0.15) is 0 Å². The van der Waals surface area contributed by atoms with Crippen LogP contribution in [-0.4, -0.2) is 42.9 Å². The summed E-state index contributed by atoms with van der Waals surface area (Å²) in [4.78, 5) is 23.6. The van der Waals surface area contributed by atoms with Crippen LogP contribution < -0.4 is 9.47 Å². The van der Waals surface area contributed by atoms with Gasteiger partial charge in [-0.3, -0.25) is 9.59 Å². The van der Waals surface area contributed by atoms with E-state index in [4.69, 9.17) is 18.9 Å². The average Bonchev–Trinajstić information content (AvgIpc) is 2.70. The van der Waals surface area contributed by atoms with Crippen LogP contribution in [0, 0.1) is 0 Å². The van der Waals surface area contributed by atoms with Crippen LogP contribution in [-0.2, 0) is 20.9 Å². The molecular formula is C22H32O6S. The van der Waals surface area contributed by atoms with Gasteiger partial charge in [0.1, 0.15) is 12.2 Å². The zero-order chi connectivity index (χ0) is 21.4. The Labute approximate surface area is 178 Å². The van der Waals surface area contributed by atoms with Crippen LogP contribution in [0.1, 0.15) is 68.8 Å². The number of ether oxygens (including phenoxy) is 4. The van der Waals surface area contributed by atoms with Gasteiger partial charge in [-0.25, -0.2) is 0 Å². The van der Waals surface area contributed by atoms with Crippen LogP contribution in [0.15, 0.2) is 12.1 Å². The van der Waals surface area contributed by atoms with Gasteiger partial charge in [-0.15, -0.1) is 12.6 Å². The van der Waals surface area contributed by atoms with Crippen LogP contribution in [0.25, 0.3) is 0 Å². The van der Waals surface area contributed by atoms with E-state index in [9.17, 15) is 9.59 Å². The molecule has 0 N–H and O–H groups in total. The van der Waals surface area contributed by atoms with E-state index in [1.165, 1.54) is 0 Å². The SMILES string of the molecule is CCCCC(CCC(=O)S)OCC(C)Oc1c(OC)ccc2c1COC(C)C2=O. The molecule has 1 aromatic carbocycles. The fourth-order valence-corrected chi connectivity index (χ4v) is 3.44. The molecule has 1 aliphatic heterocycles. The lowest BCUT2D eigenvalue weighted by Gasteiger charge is -2.27. The highest BCUT2D eigenvalue weighted by Crippen LogP contribution is 2.38. The summed E-state index contributed by atoms with van der Waals surface area (Å²) in [5.41, 5.74) is 1.32. The van der Waals surface area contributed by atoms with Gasteiger partial charge >= 0.3 is 0 Å². The lowest BCUT2D eigenvalue weighted by molar-refractivity contribution is -0.111. The molecule has 3 unspecified atom stereocenters. The summed E-state index contributed by atoms with van der Waals surface area (Å²) < 4.78 is 23.2. The number of fused-ring (bicyclic) bond motifs is 1. The number of rotatable bonds is 12. The molecule has 3 atom stereocenters. The summed E-state index contributed by atoms with van der Waals surface area (Å²) in [6, 6.07) is 3.51. The van der Waals surface area contributed by atoms with Crippen molar-refractivity contribution < 1.29 is 28.5 Å². The van der Waals surface area contributed by atoms with Gasteiger partial charge in [0.15, 0.2) is 22.4 Å². The van der Waals surface area contributed by atoms with E-state index < -0.39 is 6.10 Å². The van der Waals surface area contributed by atoms with Gasteiger partial charge < -0.3 is 18.9 Å². The van der Waals surface area contributed by atoms with E-state index in [0.717, 1.165) is 19.3 Å². The standard InChI is InChI=1S/C22H32O6S/c1-5-6-7-16(8-11-20(23)29)27-12-14(2)28-22-18-13-26-15(3)21(24)17(18)9-10-19(22)25-4/h9-10,14-16H,5-8,11-13H2,1-4H3,(H,23,29). The number of Topliss-reactive ketones (excluding diaryl/α,β-unsaturated/α-hetero) is 1. The number of methoxy groups -OCH3 is 1. The number of benzene rings is 1. The van der Waals surface area contributed by atoms with Crippen LogP contribution in [0.3, 0.4) is 0 Å². The third-order valence-corrected chi connectivity index (χ3v) is 5.23. The van der Waals surface area contributed by atoms with Crippen molar-refractivity contribution in [2.45, 2.75) is 77.8 Å². The maximum atomic E-state index is 12.4. The van der Waals surface area contributed by atoms with Crippen molar-refractivity contribution in [3.8, 4) is 11.5 Å². The van der Waals surface area contributed by atoms with Crippen LogP contribution in [0.4, 0.5) is 0 Å². The van der Waals surface area contributed by atoms with E-state index >= 15 is 0 Å². The van der Waals surface area contributed by atoms with Gasteiger partial charge in [0.25, 0.3) is 0 Å². The first-order chi connectivity index (χ1) is 13.9. The zero-order valence-electron chi connectivity index (χ0n) is 17.7. The van der Waals surface area contributed by atoms with Crippen LogP contribution in [0.5, 0.6) is 11.5 Å². The molecule has 0 spiro atoms. The Bertz CT molecular complexity index is 705. The molecule has 0 fully saturated rings. The van der Waals surface area contributed by atoms with E-state index in [2.05, 4.69) is 19.6 Å². The monoisotopic (exact) mass is 424 g/mol. The van der Waals surface area contributed by atoms with Crippen molar-refractivity contribution in [1.29, 1.82) is 0 Å². The number of hydrogen-bond acceptors (Lipinski definition) is 6. The molecule has 0 bridgehead atoms. The predicted octanol–water partition coefficient (Wildman–Crippen LogP) is 4.38. The maximum Gasteiger partial charge on any atom is 0.191 e. The van der Waals surface area contributed by atoms with Gasteiger partial charge in [0.05, 0.1) is 26.4 Å². The third kappa shape index (κ3) is 6.73. The second kappa shape index (κ2) is 11.6. The zero-order valence-corrected chi connectivity index (χ0v) is 18.6. The Kier molecular flexibility index (Phi) is 9.46. The van der Waals surface area contributed by atoms with Crippen LogP contribution >= 0.6 is 12.6 Å². The van der Waals surface area contributed by atoms with Crippen molar-refractivity contribution in [1.82, 2.24) is 0 Å². The normalized spacial score (nSPS) is 18.1. The molecule has 7 heteroatoms. The summed E-state index contributed by atoms with van der Waals surface area (Å²) in [6.45, 7) is 6.45. The van der Waals surface area contributed by atoms with Gasteiger partial charge in [0.2, 0.25) is 0 Å². The molecule has 0 saturated carbocycles. The van der Waals surface area contributed by atoms with Crippen molar-refractivity contribution in [3.05, 3.63) is 23.3 Å². The minimum absolute atomic E-state index is 0.00514. The minimum atomic E-state index is -0.460. The Morgan fingerprint density at radius 2 is 2.10 bits per heavy atom. The second-order valence-electron chi connectivity index (χ2n) is 7.40. The largest absolute Gasteiger partial charge is 0.493 e. The van der Waals surface area contributed by atoms with Gasteiger partial charge in [-0.05, 0) is 38.8 Å². The summed E-state index contributed by atoms with van der Waals surface area (Å²) in [6.07, 6.45) is 3.32. The van der Waals surface area contributed by atoms with Crippen molar-refractivity contribution in [2.75, 3.05) is 13.7 Å². The first-order valence-electron chi connectivity index (χ1n) is 10.2. The lowest BCUT2D eigenvalue weighted by atomic mass is 9.97. The lowest BCUT2D eigenvalue weighted by Crippen LogP contribution is -2.29. The molecule has 1 aromatic rings. The molecule has 162 valence electrons. The average molecular weight is 425 g/mol. The molecule has 6 nitrogen and oxygen atoms in total. The first-order valence-corrected chi connectivity index (χ1v) is 10.7. The molecule has 2 rings (SSSR count). The smallest absolute Gasteiger partial charge is 0.191 e. The fraction of sp³-hybridized carbons (Fsp3) is 0.636. The van der Waals surface area contributed by atoms with E-state index in [1.807, 2.05) is 6.92 Å². The van der Waals surface area contributed by atoms with Gasteiger partial charge in [-0.1, -0.05) is 19.8 Å². The molecule has 0 aromatic heterocycles. The van der Waals surface area contributed by atoms with Crippen molar-refractivity contribution in [2.24, 2.45) is 0 Å². The second-order valence-corrected chi connectivity index (χ2v) is 7.90. The quantitative estimate of drug-likeness (QED) is 0.502. The van der Waals surface area contributed by atoms with E-state index in [-0.39, 0.29) is 23.1 Å². The van der Waals surface area contributed by atoms with Crippen LogP contribution in [0.2, 0.25) is 0 Å². The molecule has 0 amide bonds. The molecule has 29 heavy (non-hydrogen) atoms. The maximum absolute atomic E-state index is 12.4. The van der Waals surface area contributed by atoms with Crippen molar-refractivity contribution >= 4 is 23.5 Å². The summed E-state index contributed by atoms with van der Waals surface area (Å²) in [5, 5.41) is -0.126. The Morgan fingerprint density at radius 1 is 1.34 bits per heavy atom. The highest BCUT2D eigenvalue weighted by atomic mass is 32.1. The molecule has 0 aliphatic carbocycles. The summed E-state index contributed by atoms with van der Waals surface area (Å²) >= 11 is 3.85. The number of thiol groups is 1. The van der Waals surface area contributed by atoms with E-state index in [1.54, 1.807) is 26.2 Å². The highest BCUT2D eigenvalue weighted by molar-refractivity contribution is 7.96. The number of carbonyl (C=O) groups excluding carboxylic acids is 2. The molecule has 1 heterocycles. The summed E-state index contributed by atoms with van der Waals surface area (Å²) in [7, 11) is 1.57. The number of ketones is 1. The Hall–Kier alpha value is -1.57. The number of carbonyl (C=O) groups is 2. The molecule has 1 aliphatic rings. The van der Waals surface area contributed by atoms with E-state index in [0.29, 0.717) is 48.7 Å². The topological polar surface area (TPSA) is 71.1 Å². The third-order valence-electron chi connectivity index (χ3n) is 5.00. The Balaban J connectivity index is 2.06.